The van der Waals surface area contributed by atoms with Gasteiger partial charge in [0.2, 0.25) is 5.91 Å². The fourth-order valence-corrected chi connectivity index (χ4v) is 4.45. The largest absolute Gasteiger partial charge is 0.486 e. The summed E-state index contributed by atoms with van der Waals surface area (Å²) in [7, 11) is 0. The highest BCUT2D eigenvalue weighted by Gasteiger charge is 2.67. The van der Waals surface area contributed by atoms with Gasteiger partial charge in [0.1, 0.15) is 12.4 Å². The molecule has 2 aliphatic carbocycles. The maximum atomic E-state index is 12.3. The maximum Gasteiger partial charge on any atom is 0.224 e. The molecular formula is C22H21Cl2NO3. The molecule has 2 aliphatic rings. The van der Waals surface area contributed by atoms with Crippen LogP contribution in [0.25, 0.3) is 0 Å². The van der Waals surface area contributed by atoms with Gasteiger partial charge in [0, 0.05) is 22.0 Å². The summed E-state index contributed by atoms with van der Waals surface area (Å²) < 4.78 is 5.52. The zero-order chi connectivity index (χ0) is 19.7. The Morgan fingerprint density at radius 3 is 2.29 bits per heavy atom. The minimum atomic E-state index is -0.0779. The van der Waals surface area contributed by atoms with Crippen LogP contribution in [0, 0.1) is 11.8 Å². The average Bonchev–Trinajstić information content (AvgIpc) is 3.25. The first-order chi connectivity index (χ1) is 13.4. The zero-order valence-corrected chi connectivity index (χ0v) is 16.8. The molecule has 2 unspecified atom stereocenters. The molecule has 2 saturated carbocycles. The van der Waals surface area contributed by atoms with Crippen molar-refractivity contribution in [1.82, 2.24) is 5.32 Å². The number of fused-ring (bicyclic) bond motifs is 1. The number of ether oxygens (including phenoxy) is 1. The van der Waals surface area contributed by atoms with Gasteiger partial charge in [-0.3, -0.25) is 9.59 Å². The molecule has 0 saturated heterocycles. The molecule has 2 aromatic carbocycles. The van der Waals surface area contributed by atoms with Crippen LogP contribution in [-0.2, 0) is 16.0 Å². The van der Waals surface area contributed by atoms with Crippen molar-refractivity contribution in [2.75, 3.05) is 6.61 Å². The van der Waals surface area contributed by atoms with Gasteiger partial charge in [0.15, 0.2) is 5.78 Å². The zero-order valence-electron chi connectivity index (χ0n) is 15.3. The molecule has 0 heterocycles. The fourth-order valence-electron chi connectivity index (χ4n) is 4.20. The van der Waals surface area contributed by atoms with Crippen LogP contribution < -0.4 is 10.1 Å². The van der Waals surface area contributed by atoms with E-state index in [1.807, 2.05) is 12.1 Å². The Morgan fingerprint density at radius 2 is 1.64 bits per heavy atom. The average molecular weight is 418 g/mol. The Labute approximate surface area is 174 Å². The first-order valence-corrected chi connectivity index (χ1v) is 10.1. The summed E-state index contributed by atoms with van der Waals surface area (Å²) in [6, 6.07) is 14.3. The molecular weight excluding hydrogens is 397 g/mol. The number of carbonyl (C=O) groups is 2. The van der Waals surface area contributed by atoms with Crippen LogP contribution in [-0.4, -0.2) is 23.8 Å². The first-order valence-electron chi connectivity index (χ1n) is 9.39. The maximum absolute atomic E-state index is 12.3. The van der Waals surface area contributed by atoms with E-state index in [4.69, 9.17) is 27.9 Å². The number of Topliss-reactive ketones (excluding diaryl/α,β-unsaturated/α-hetero) is 1. The van der Waals surface area contributed by atoms with Gasteiger partial charge in [-0.25, -0.2) is 0 Å². The van der Waals surface area contributed by atoms with Gasteiger partial charge < -0.3 is 10.1 Å². The van der Waals surface area contributed by atoms with Crippen LogP contribution in [0.3, 0.4) is 0 Å². The standard InChI is InChI=1S/C22H21Cl2NO3/c23-16-3-1-14(2-4-16)9-21(27)25-22-11-15(20(22)12-22)10-18(26)13-28-19-7-5-17(24)6-8-19/h1-8,15,20H,9-13H2,(H,25,27)/t15-,20?,22?/m1/s1. The van der Waals surface area contributed by atoms with Crippen LogP contribution in [0.5, 0.6) is 5.75 Å². The molecule has 0 bridgehead atoms. The van der Waals surface area contributed by atoms with Crippen molar-refractivity contribution < 1.29 is 14.3 Å². The predicted octanol–water partition coefficient (Wildman–Crippen LogP) is 4.47. The van der Waals surface area contributed by atoms with E-state index in [1.54, 1.807) is 36.4 Å². The minimum Gasteiger partial charge on any atom is -0.486 e. The Bertz CT molecular complexity index is 882. The van der Waals surface area contributed by atoms with Crippen LogP contribution in [0.2, 0.25) is 10.0 Å². The SMILES string of the molecule is O=C(COc1ccc(Cl)cc1)C[C@@H]1CC2(NC(=O)Cc3ccc(Cl)cc3)CC12. The summed E-state index contributed by atoms with van der Waals surface area (Å²) in [5.74, 6) is 1.52. The van der Waals surface area contributed by atoms with Gasteiger partial charge in [-0.2, -0.15) is 0 Å². The van der Waals surface area contributed by atoms with Crippen molar-refractivity contribution in [3.05, 3.63) is 64.1 Å². The number of hydrogen-bond acceptors (Lipinski definition) is 3. The topological polar surface area (TPSA) is 55.4 Å². The van der Waals surface area contributed by atoms with E-state index in [-0.39, 0.29) is 23.8 Å². The molecule has 1 amide bonds. The molecule has 0 aromatic heterocycles. The summed E-state index contributed by atoms with van der Waals surface area (Å²) in [6.07, 6.45) is 2.70. The van der Waals surface area contributed by atoms with Crippen molar-refractivity contribution >= 4 is 34.9 Å². The molecule has 4 rings (SSSR count). The van der Waals surface area contributed by atoms with Crippen LogP contribution >= 0.6 is 23.2 Å². The van der Waals surface area contributed by atoms with E-state index in [1.165, 1.54) is 0 Å². The minimum absolute atomic E-state index is 0.0284. The van der Waals surface area contributed by atoms with Gasteiger partial charge in [-0.15, -0.1) is 0 Å². The highest BCUT2D eigenvalue weighted by atomic mass is 35.5. The smallest absolute Gasteiger partial charge is 0.224 e. The lowest BCUT2D eigenvalue weighted by Crippen LogP contribution is -2.48. The third kappa shape index (κ3) is 4.34. The molecule has 3 atom stereocenters. The Kier molecular flexibility index (Phi) is 5.35. The van der Waals surface area contributed by atoms with Gasteiger partial charge in [-0.1, -0.05) is 35.3 Å². The van der Waals surface area contributed by atoms with E-state index in [0.717, 1.165) is 18.4 Å². The van der Waals surface area contributed by atoms with Gasteiger partial charge >= 0.3 is 0 Å². The van der Waals surface area contributed by atoms with E-state index >= 15 is 0 Å². The number of amides is 1. The molecule has 0 aliphatic heterocycles. The molecule has 146 valence electrons. The summed E-state index contributed by atoms with van der Waals surface area (Å²) in [5, 5.41) is 4.47. The Morgan fingerprint density at radius 1 is 1.00 bits per heavy atom. The van der Waals surface area contributed by atoms with E-state index in [9.17, 15) is 9.59 Å². The molecule has 2 aromatic rings. The molecule has 2 fully saturated rings. The molecule has 0 spiro atoms. The lowest BCUT2D eigenvalue weighted by Gasteiger charge is -2.35. The summed E-state index contributed by atoms with van der Waals surface area (Å²) in [5.41, 5.74) is 0.867. The molecule has 6 heteroatoms. The molecule has 4 nitrogen and oxygen atoms in total. The monoisotopic (exact) mass is 417 g/mol. The second kappa shape index (κ2) is 7.76. The third-order valence-corrected chi connectivity index (χ3v) is 6.20. The van der Waals surface area contributed by atoms with E-state index < -0.39 is 0 Å². The first kappa shape index (κ1) is 19.3. The van der Waals surface area contributed by atoms with Crippen LogP contribution in [0.15, 0.2) is 48.5 Å². The lowest BCUT2D eigenvalue weighted by atomic mass is 9.77. The summed E-state index contributed by atoms with van der Waals surface area (Å²) in [6.45, 7) is 0.0702. The quantitative estimate of drug-likeness (QED) is 0.689. The molecule has 28 heavy (non-hydrogen) atoms. The van der Waals surface area contributed by atoms with Gasteiger partial charge in [0.05, 0.1) is 6.42 Å². The van der Waals surface area contributed by atoms with Gasteiger partial charge in [-0.05, 0) is 66.6 Å². The van der Waals surface area contributed by atoms with Crippen LogP contribution in [0.1, 0.15) is 24.8 Å². The van der Waals surface area contributed by atoms with Gasteiger partial charge in [0.25, 0.3) is 0 Å². The third-order valence-electron chi connectivity index (χ3n) is 5.70. The second-order valence-corrected chi connectivity index (χ2v) is 8.64. The molecule has 1 N–H and O–H groups in total. The number of rotatable bonds is 8. The number of benzene rings is 2. The number of hydrogen-bond donors (Lipinski definition) is 1. The summed E-state index contributed by atoms with van der Waals surface area (Å²) >= 11 is 11.7. The highest BCUT2D eigenvalue weighted by Crippen LogP contribution is 2.64. The number of halogens is 2. The van der Waals surface area contributed by atoms with Crippen molar-refractivity contribution in [3.8, 4) is 5.75 Å². The number of ketones is 1. The highest BCUT2D eigenvalue weighted by molar-refractivity contribution is 6.30. The second-order valence-electron chi connectivity index (χ2n) is 7.77. The normalized spacial score (nSPS) is 24.6. The van der Waals surface area contributed by atoms with E-state index in [0.29, 0.717) is 40.5 Å². The lowest BCUT2D eigenvalue weighted by molar-refractivity contribution is -0.123. The Hall–Kier alpha value is -2.04. The van der Waals surface area contributed by atoms with E-state index in [2.05, 4.69) is 5.32 Å². The number of carbonyl (C=O) groups excluding carboxylic acids is 2. The Balaban J connectivity index is 1.19. The fraction of sp³-hybridized carbons (Fsp3) is 0.364. The van der Waals surface area contributed by atoms with Crippen molar-refractivity contribution in [2.45, 2.75) is 31.2 Å². The van der Waals surface area contributed by atoms with Crippen molar-refractivity contribution in [2.24, 2.45) is 11.8 Å². The van der Waals surface area contributed by atoms with Crippen molar-refractivity contribution in [3.63, 3.8) is 0 Å². The summed E-state index contributed by atoms with van der Waals surface area (Å²) in [4.78, 5) is 24.5. The number of nitrogens with one attached hydrogen (secondary N) is 1. The molecule has 0 radical (unpaired) electrons. The van der Waals surface area contributed by atoms with Crippen molar-refractivity contribution in [1.29, 1.82) is 0 Å². The van der Waals surface area contributed by atoms with Crippen LogP contribution in [0.4, 0.5) is 0 Å². The predicted molar refractivity (Wildman–Crippen MR) is 109 cm³/mol.